The molecule has 0 spiro atoms. The Morgan fingerprint density at radius 3 is 2.55 bits per heavy atom. The molecule has 150 valence electrons. The van der Waals surface area contributed by atoms with E-state index in [9.17, 15) is 14.4 Å². The minimum absolute atomic E-state index is 0.187. The summed E-state index contributed by atoms with van der Waals surface area (Å²) in [6.07, 6.45) is -0.187. The molecule has 0 bridgehead atoms. The number of fused-ring (bicyclic) bond motifs is 1. The molecule has 2 aromatic carbocycles. The van der Waals surface area contributed by atoms with Gasteiger partial charge in [0.15, 0.2) is 6.61 Å². The minimum atomic E-state index is -0.651. The number of esters is 1. The van der Waals surface area contributed by atoms with Crippen LogP contribution in [0.4, 0.5) is 5.69 Å². The zero-order valence-electron chi connectivity index (χ0n) is 15.9. The quantitative estimate of drug-likeness (QED) is 0.582. The van der Waals surface area contributed by atoms with Crippen molar-refractivity contribution >= 4 is 28.3 Å². The van der Waals surface area contributed by atoms with Crippen molar-refractivity contribution in [2.75, 3.05) is 26.1 Å². The number of carbonyl (C=O) groups is 2. The highest BCUT2D eigenvalue weighted by molar-refractivity contribution is 5.94. The number of nitrogens with zero attached hydrogens (tertiary/aromatic N) is 1. The Morgan fingerprint density at radius 1 is 1.07 bits per heavy atom. The number of methoxy groups -OCH3 is 2. The number of hydrogen-bond donors (Lipinski definition) is 2. The van der Waals surface area contributed by atoms with Crippen molar-refractivity contribution in [3.63, 3.8) is 0 Å². The topological polar surface area (TPSA) is 120 Å². The minimum Gasteiger partial charge on any atom is -0.497 e. The molecule has 0 aliphatic carbocycles. The summed E-state index contributed by atoms with van der Waals surface area (Å²) in [4.78, 5) is 36.1. The molecule has 1 amide bonds. The van der Waals surface area contributed by atoms with Crippen LogP contribution in [-0.2, 0) is 20.7 Å². The number of aromatic amines is 1. The smallest absolute Gasteiger partial charge is 0.312 e. The highest BCUT2D eigenvalue weighted by atomic mass is 16.5. The van der Waals surface area contributed by atoms with Crippen molar-refractivity contribution in [3.05, 3.63) is 58.5 Å². The molecule has 3 aromatic rings. The molecule has 9 heteroatoms. The van der Waals surface area contributed by atoms with Crippen LogP contribution in [0.15, 0.2) is 47.3 Å². The van der Waals surface area contributed by atoms with Gasteiger partial charge in [-0.3, -0.25) is 14.4 Å². The molecule has 1 aromatic heterocycles. The van der Waals surface area contributed by atoms with Crippen molar-refractivity contribution in [1.82, 2.24) is 10.2 Å². The van der Waals surface area contributed by atoms with Crippen LogP contribution in [0.5, 0.6) is 11.5 Å². The first kappa shape index (κ1) is 19.9. The number of amides is 1. The van der Waals surface area contributed by atoms with Crippen LogP contribution in [-0.4, -0.2) is 42.9 Å². The molecule has 0 saturated carbocycles. The third kappa shape index (κ3) is 4.70. The van der Waals surface area contributed by atoms with Gasteiger partial charge in [0.05, 0.1) is 37.4 Å². The number of ether oxygens (including phenoxy) is 3. The number of benzene rings is 2. The van der Waals surface area contributed by atoms with Crippen LogP contribution >= 0.6 is 0 Å². The number of nitrogens with one attached hydrogen (secondary N) is 2. The number of rotatable bonds is 7. The third-order valence-electron chi connectivity index (χ3n) is 4.13. The van der Waals surface area contributed by atoms with Gasteiger partial charge in [-0.05, 0) is 18.2 Å². The van der Waals surface area contributed by atoms with Gasteiger partial charge in [0, 0.05) is 11.5 Å². The van der Waals surface area contributed by atoms with Crippen LogP contribution in [0.3, 0.4) is 0 Å². The predicted octanol–water partition coefficient (Wildman–Crippen LogP) is 1.66. The molecule has 29 heavy (non-hydrogen) atoms. The van der Waals surface area contributed by atoms with Gasteiger partial charge in [-0.1, -0.05) is 18.2 Å². The molecule has 0 unspecified atom stereocenters. The van der Waals surface area contributed by atoms with E-state index >= 15 is 0 Å². The van der Waals surface area contributed by atoms with Gasteiger partial charge in [0.2, 0.25) is 0 Å². The summed E-state index contributed by atoms with van der Waals surface area (Å²) in [5.41, 5.74) is 0.408. The van der Waals surface area contributed by atoms with E-state index in [2.05, 4.69) is 15.5 Å². The molecule has 0 aliphatic rings. The molecule has 3 rings (SSSR count). The van der Waals surface area contributed by atoms with Gasteiger partial charge in [0.25, 0.3) is 11.5 Å². The fraction of sp³-hybridized carbons (Fsp3) is 0.200. The Hall–Kier alpha value is -3.88. The van der Waals surface area contributed by atoms with Crippen LogP contribution in [0, 0.1) is 0 Å². The number of carbonyl (C=O) groups excluding carboxylic acids is 2. The number of H-pyrrole nitrogens is 1. The monoisotopic (exact) mass is 397 g/mol. The highest BCUT2D eigenvalue weighted by Crippen LogP contribution is 2.28. The van der Waals surface area contributed by atoms with E-state index in [0.29, 0.717) is 33.7 Å². The lowest BCUT2D eigenvalue weighted by atomic mass is 10.1. The Bertz CT molecular complexity index is 1110. The van der Waals surface area contributed by atoms with Crippen LogP contribution < -0.4 is 20.3 Å². The first-order valence-corrected chi connectivity index (χ1v) is 8.65. The van der Waals surface area contributed by atoms with E-state index in [4.69, 9.17) is 14.2 Å². The van der Waals surface area contributed by atoms with Gasteiger partial charge in [0.1, 0.15) is 11.5 Å². The van der Waals surface area contributed by atoms with E-state index in [1.165, 1.54) is 14.2 Å². The summed E-state index contributed by atoms with van der Waals surface area (Å²) in [7, 11) is 2.97. The lowest BCUT2D eigenvalue weighted by Gasteiger charge is -2.12. The average Bonchev–Trinajstić information content (AvgIpc) is 2.74. The van der Waals surface area contributed by atoms with Crippen molar-refractivity contribution < 1.29 is 23.8 Å². The molecule has 0 fully saturated rings. The molecule has 0 atom stereocenters. The van der Waals surface area contributed by atoms with Gasteiger partial charge in [-0.25, -0.2) is 5.10 Å². The summed E-state index contributed by atoms with van der Waals surface area (Å²) in [5.74, 6) is -0.213. The molecule has 0 radical (unpaired) electrons. The summed E-state index contributed by atoms with van der Waals surface area (Å²) >= 11 is 0. The molecular formula is C20H19N3O6. The second-order valence-corrected chi connectivity index (χ2v) is 6.00. The number of anilines is 1. The Balaban J connectivity index is 1.62. The zero-order valence-corrected chi connectivity index (χ0v) is 15.9. The maximum atomic E-state index is 12.1. The largest absolute Gasteiger partial charge is 0.497 e. The summed E-state index contributed by atoms with van der Waals surface area (Å²) in [6.45, 7) is -0.486. The van der Waals surface area contributed by atoms with Crippen molar-refractivity contribution in [2.45, 2.75) is 6.42 Å². The second kappa shape index (κ2) is 8.87. The lowest BCUT2D eigenvalue weighted by Crippen LogP contribution is -2.22. The lowest BCUT2D eigenvalue weighted by molar-refractivity contribution is -0.146. The SMILES string of the molecule is COc1ccc(OC)c(NC(=O)COC(=O)Cc2n[nH]c(=O)c3ccccc23)c1. The van der Waals surface area contributed by atoms with E-state index in [0.717, 1.165) is 0 Å². The van der Waals surface area contributed by atoms with Crippen LogP contribution in [0.2, 0.25) is 0 Å². The number of hydrogen-bond acceptors (Lipinski definition) is 7. The molecule has 1 heterocycles. The summed E-state index contributed by atoms with van der Waals surface area (Å²) < 4.78 is 15.3. The summed E-state index contributed by atoms with van der Waals surface area (Å²) in [5, 5.41) is 9.85. The Morgan fingerprint density at radius 2 is 1.83 bits per heavy atom. The maximum absolute atomic E-state index is 12.1. The first-order valence-electron chi connectivity index (χ1n) is 8.65. The first-order chi connectivity index (χ1) is 14.0. The molecule has 0 aliphatic heterocycles. The van der Waals surface area contributed by atoms with Crippen molar-refractivity contribution in [2.24, 2.45) is 0 Å². The molecule has 0 saturated heterocycles. The van der Waals surface area contributed by atoms with Gasteiger partial charge in [-0.2, -0.15) is 5.10 Å². The maximum Gasteiger partial charge on any atom is 0.312 e. The summed E-state index contributed by atoms with van der Waals surface area (Å²) in [6, 6.07) is 11.7. The van der Waals surface area contributed by atoms with Crippen molar-refractivity contribution in [1.29, 1.82) is 0 Å². The fourth-order valence-corrected chi connectivity index (χ4v) is 2.74. The Kier molecular flexibility index (Phi) is 6.08. The van der Waals surface area contributed by atoms with E-state index in [1.807, 2.05) is 0 Å². The molecule has 9 nitrogen and oxygen atoms in total. The van der Waals surface area contributed by atoms with Gasteiger partial charge in [-0.15, -0.1) is 0 Å². The number of aromatic nitrogens is 2. The normalized spacial score (nSPS) is 10.4. The average molecular weight is 397 g/mol. The van der Waals surface area contributed by atoms with Gasteiger partial charge < -0.3 is 19.5 Å². The van der Waals surface area contributed by atoms with E-state index in [1.54, 1.807) is 42.5 Å². The molecule has 2 N–H and O–H groups in total. The zero-order chi connectivity index (χ0) is 20.8. The van der Waals surface area contributed by atoms with Crippen LogP contribution in [0.1, 0.15) is 5.69 Å². The standard InChI is InChI=1S/C20H19N3O6/c1-27-12-7-8-17(28-2)16(9-12)21-18(24)11-29-19(25)10-15-13-5-3-4-6-14(13)20(26)23-22-15/h3-9H,10-11H2,1-2H3,(H,21,24)(H,23,26). The predicted molar refractivity (Wildman–Crippen MR) is 105 cm³/mol. The Labute approximate surface area is 165 Å². The van der Waals surface area contributed by atoms with Gasteiger partial charge >= 0.3 is 5.97 Å². The highest BCUT2D eigenvalue weighted by Gasteiger charge is 2.14. The van der Waals surface area contributed by atoms with Crippen LogP contribution in [0.25, 0.3) is 10.8 Å². The van der Waals surface area contributed by atoms with Crippen molar-refractivity contribution in [3.8, 4) is 11.5 Å². The van der Waals surface area contributed by atoms with E-state index < -0.39 is 18.5 Å². The second-order valence-electron chi connectivity index (χ2n) is 6.00. The third-order valence-corrected chi connectivity index (χ3v) is 4.13. The molecular weight excluding hydrogens is 378 g/mol. The van der Waals surface area contributed by atoms with E-state index in [-0.39, 0.29) is 12.0 Å². The fourth-order valence-electron chi connectivity index (χ4n) is 2.74.